The van der Waals surface area contributed by atoms with Crippen LogP contribution in [0.4, 0.5) is 0 Å². The number of benzene rings is 1. The number of nitrogens with zero attached hydrogens (tertiary/aromatic N) is 1. The van der Waals surface area contributed by atoms with Crippen LogP contribution in [0.3, 0.4) is 0 Å². The smallest absolute Gasteiger partial charge is 0.223 e. The first-order chi connectivity index (χ1) is 10.2. The second-order valence-corrected chi connectivity index (χ2v) is 5.25. The lowest BCUT2D eigenvalue weighted by Crippen LogP contribution is -2.31. The number of hydrogen-bond acceptors (Lipinski definition) is 4. The summed E-state index contributed by atoms with van der Waals surface area (Å²) in [5.74, 6) is 1.72. The SMILES string of the molecule is COc1ccc(C2CCCN2C(=O)CCCN)c(OC)c1. The number of ether oxygens (including phenoxy) is 2. The van der Waals surface area contributed by atoms with E-state index in [1.807, 2.05) is 23.1 Å². The van der Waals surface area contributed by atoms with Gasteiger partial charge in [0.25, 0.3) is 0 Å². The van der Waals surface area contributed by atoms with Crippen molar-refractivity contribution in [1.29, 1.82) is 0 Å². The Hall–Kier alpha value is -1.75. The Labute approximate surface area is 126 Å². The number of likely N-dealkylation sites (tertiary alicyclic amines) is 1. The number of rotatable bonds is 6. The second kappa shape index (κ2) is 7.31. The molecule has 1 amide bonds. The van der Waals surface area contributed by atoms with Crippen molar-refractivity contribution in [2.75, 3.05) is 27.3 Å². The maximum atomic E-state index is 12.3. The molecule has 1 aliphatic rings. The number of nitrogens with two attached hydrogens (primary N) is 1. The first-order valence-corrected chi connectivity index (χ1v) is 7.42. The highest BCUT2D eigenvalue weighted by Gasteiger charge is 2.31. The standard InChI is InChI=1S/C16H24N2O3/c1-20-12-7-8-13(15(11-12)21-2)14-5-4-10-18(14)16(19)6-3-9-17/h7-8,11,14H,3-6,9-10,17H2,1-2H3. The fraction of sp³-hybridized carbons (Fsp3) is 0.562. The maximum Gasteiger partial charge on any atom is 0.223 e. The molecule has 1 fully saturated rings. The third-order valence-corrected chi connectivity index (χ3v) is 3.97. The predicted molar refractivity (Wildman–Crippen MR) is 81.5 cm³/mol. The Balaban J connectivity index is 2.21. The predicted octanol–water partition coefficient (Wildman–Crippen LogP) is 2.11. The molecule has 0 saturated carbocycles. The van der Waals surface area contributed by atoms with Crippen LogP contribution in [0, 0.1) is 0 Å². The number of carbonyl (C=O) groups is 1. The van der Waals surface area contributed by atoms with Gasteiger partial charge in [-0.25, -0.2) is 0 Å². The summed E-state index contributed by atoms with van der Waals surface area (Å²) in [6.07, 6.45) is 3.25. The highest BCUT2D eigenvalue weighted by molar-refractivity contribution is 5.77. The van der Waals surface area contributed by atoms with Crippen LogP contribution < -0.4 is 15.2 Å². The van der Waals surface area contributed by atoms with E-state index < -0.39 is 0 Å². The first-order valence-electron chi connectivity index (χ1n) is 7.42. The Bertz CT molecular complexity index is 490. The van der Waals surface area contributed by atoms with Crippen molar-refractivity contribution in [2.45, 2.75) is 31.7 Å². The van der Waals surface area contributed by atoms with Crippen LogP contribution in [0.15, 0.2) is 18.2 Å². The summed E-state index contributed by atoms with van der Waals surface area (Å²) >= 11 is 0. The summed E-state index contributed by atoms with van der Waals surface area (Å²) < 4.78 is 10.7. The molecule has 5 nitrogen and oxygen atoms in total. The van der Waals surface area contributed by atoms with Gasteiger partial charge in [-0.15, -0.1) is 0 Å². The molecule has 2 rings (SSSR count). The summed E-state index contributed by atoms with van der Waals surface area (Å²) in [5, 5.41) is 0. The van der Waals surface area contributed by atoms with E-state index >= 15 is 0 Å². The van der Waals surface area contributed by atoms with Crippen LogP contribution in [-0.2, 0) is 4.79 Å². The number of methoxy groups -OCH3 is 2. The maximum absolute atomic E-state index is 12.3. The van der Waals surface area contributed by atoms with E-state index in [2.05, 4.69) is 0 Å². The molecule has 5 heteroatoms. The van der Waals surface area contributed by atoms with Crippen LogP contribution >= 0.6 is 0 Å². The molecule has 116 valence electrons. The van der Waals surface area contributed by atoms with Gasteiger partial charge in [-0.3, -0.25) is 4.79 Å². The largest absolute Gasteiger partial charge is 0.497 e. The van der Waals surface area contributed by atoms with Crippen molar-refractivity contribution in [3.63, 3.8) is 0 Å². The van der Waals surface area contributed by atoms with Gasteiger partial charge < -0.3 is 20.1 Å². The normalized spacial score (nSPS) is 17.9. The highest BCUT2D eigenvalue weighted by atomic mass is 16.5. The minimum Gasteiger partial charge on any atom is -0.497 e. The third kappa shape index (κ3) is 3.47. The summed E-state index contributed by atoms with van der Waals surface area (Å²) in [6, 6.07) is 5.88. The lowest BCUT2D eigenvalue weighted by atomic mass is 10.0. The molecule has 2 N–H and O–H groups in total. The molecule has 1 aromatic carbocycles. The van der Waals surface area contributed by atoms with Gasteiger partial charge in [-0.2, -0.15) is 0 Å². The molecule has 0 spiro atoms. The Morgan fingerprint density at radius 2 is 2.19 bits per heavy atom. The quantitative estimate of drug-likeness (QED) is 0.872. The lowest BCUT2D eigenvalue weighted by Gasteiger charge is -2.26. The summed E-state index contributed by atoms with van der Waals surface area (Å²) in [5.41, 5.74) is 6.55. The van der Waals surface area contributed by atoms with Crippen molar-refractivity contribution < 1.29 is 14.3 Å². The number of amides is 1. The van der Waals surface area contributed by atoms with Crippen LogP contribution in [0.25, 0.3) is 0 Å². The average molecular weight is 292 g/mol. The molecule has 0 bridgehead atoms. The van der Waals surface area contributed by atoms with Crippen LogP contribution in [-0.4, -0.2) is 38.1 Å². The Morgan fingerprint density at radius 3 is 2.86 bits per heavy atom. The molecule has 1 saturated heterocycles. The average Bonchev–Trinajstić information content (AvgIpc) is 3.01. The summed E-state index contributed by atoms with van der Waals surface area (Å²) in [4.78, 5) is 14.3. The van der Waals surface area contributed by atoms with Crippen LogP contribution in [0.1, 0.15) is 37.3 Å². The van der Waals surface area contributed by atoms with Crippen molar-refractivity contribution in [2.24, 2.45) is 5.73 Å². The molecule has 1 aliphatic heterocycles. The zero-order chi connectivity index (χ0) is 15.2. The van der Waals surface area contributed by atoms with E-state index in [1.54, 1.807) is 14.2 Å². The molecule has 1 heterocycles. The third-order valence-electron chi connectivity index (χ3n) is 3.97. The Kier molecular flexibility index (Phi) is 5.44. The second-order valence-electron chi connectivity index (χ2n) is 5.25. The first kappa shape index (κ1) is 15.6. The van der Waals surface area contributed by atoms with E-state index in [0.717, 1.165) is 42.9 Å². The van der Waals surface area contributed by atoms with Crippen molar-refractivity contribution in [3.05, 3.63) is 23.8 Å². The van der Waals surface area contributed by atoms with E-state index in [-0.39, 0.29) is 11.9 Å². The summed E-state index contributed by atoms with van der Waals surface area (Å²) in [7, 11) is 3.28. The molecule has 1 atom stereocenters. The topological polar surface area (TPSA) is 64.8 Å². The van der Waals surface area contributed by atoms with Gasteiger partial charge in [0.2, 0.25) is 5.91 Å². The molecule has 1 aromatic rings. The monoisotopic (exact) mass is 292 g/mol. The van der Waals surface area contributed by atoms with E-state index in [9.17, 15) is 4.79 Å². The van der Waals surface area contributed by atoms with E-state index in [1.165, 1.54) is 0 Å². The van der Waals surface area contributed by atoms with Crippen molar-refractivity contribution >= 4 is 5.91 Å². The van der Waals surface area contributed by atoms with Gasteiger partial charge in [0.15, 0.2) is 0 Å². The molecule has 0 aliphatic carbocycles. The number of hydrogen-bond donors (Lipinski definition) is 1. The molecule has 0 aromatic heterocycles. The fourth-order valence-corrected chi connectivity index (χ4v) is 2.88. The van der Waals surface area contributed by atoms with Gasteiger partial charge in [0, 0.05) is 24.6 Å². The molecule has 21 heavy (non-hydrogen) atoms. The summed E-state index contributed by atoms with van der Waals surface area (Å²) in [6.45, 7) is 1.36. The molecule has 1 unspecified atom stereocenters. The van der Waals surface area contributed by atoms with Gasteiger partial charge in [0.1, 0.15) is 11.5 Å². The molecular formula is C16H24N2O3. The van der Waals surface area contributed by atoms with Crippen LogP contribution in [0.2, 0.25) is 0 Å². The Morgan fingerprint density at radius 1 is 1.38 bits per heavy atom. The van der Waals surface area contributed by atoms with E-state index in [4.69, 9.17) is 15.2 Å². The van der Waals surface area contributed by atoms with Gasteiger partial charge in [-0.05, 0) is 37.9 Å². The highest BCUT2D eigenvalue weighted by Crippen LogP contribution is 2.38. The van der Waals surface area contributed by atoms with Crippen molar-refractivity contribution in [3.8, 4) is 11.5 Å². The van der Waals surface area contributed by atoms with Crippen LogP contribution in [0.5, 0.6) is 11.5 Å². The van der Waals surface area contributed by atoms with Gasteiger partial charge in [-0.1, -0.05) is 0 Å². The zero-order valence-corrected chi connectivity index (χ0v) is 12.8. The minimum atomic E-state index is 0.0936. The molecular weight excluding hydrogens is 268 g/mol. The lowest BCUT2D eigenvalue weighted by molar-refractivity contribution is -0.132. The van der Waals surface area contributed by atoms with Gasteiger partial charge >= 0.3 is 0 Å². The minimum absolute atomic E-state index is 0.0936. The van der Waals surface area contributed by atoms with E-state index in [0.29, 0.717) is 13.0 Å². The fourth-order valence-electron chi connectivity index (χ4n) is 2.88. The van der Waals surface area contributed by atoms with Gasteiger partial charge in [0.05, 0.1) is 20.3 Å². The molecule has 0 radical (unpaired) electrons. The number of carbonyl (C=O) groups excluding carboxylic acids is 1. The zero-order valence-electron chi connectivity index (χ0n) is 12.8. The van der Waals surface area contributed by atoms with Crippen molar-refractivity contribution in [1.82, 2.24) is 4.90 Å².